The van der Waals surface area contributed by atoms with E-state index in [1.807, 2.05) is 6.92 Å². The number of aliphatic imine (C=N–C) groups is 1. The largest absolute Gasteiger partial charge is 0.490 e. The van der Waals surface area contributed by atoms with E-state index in [2.05, 4.69) is 4.99 Å². The van der Waals surface area contributed by atoms with Gasteiger partial charge in [0.1, 0.15) is 17.3 Å². The van der Waals surface area contributed by atoms with Gasteiger partial charge in [0, 0.05) is 17.2 Å². The van der Waals surface area contributed by atoms with Gasteiger partial charge < -0.3 is 9.47 Å². The minimum absolute atomic E-state index is 0. The molecule has 5 heteroatoms. The summed E-state index contributed by atoms with van der Waals surface area (Å²) in [5.74, 6) is 0.225. The van der Waals surface area contributed by atoms with Crippen molar-refractivity contribution in [2.45, 2.75) is 78.2 Å². The SMILES string of the molecule is C.CCc1cc(F)c(N=C2OC(=O)C3=C2CCCC3)cc1OC1CCCC1. The molecule has 1 aromatic rings. The van der Waals surface area contributed by atoms with E-state index in [9.17, 15) is 9.18 Å². The molecule has 1 fully saturated rings. The average molecular weight is 373 g/mol. The van der Waals surface area contributed by atoms with Gasteiger partial charge in [-0.15, -0.1) is 0 Å². The van der Waals surface area contributed by atoms with Crippen LogP contribution in [-0.2, 0) is 16.0 Å². The van der Waals surface area contributed by atoms with E-state index >= 15 is 0 Å². The second-order valence-electron chi connectivity index (χ2n) is 7.26. The molecule has 0 unspecified atom stereocenters. The van der Waals surface area contributed by atoms with Gasteiger partial charge in [-0.05, 0) is 69.4 Å². The van der Waals surface area contributed by atoms with Crippen molar-refractivity contribution in [3.63, 3.8) is 0 Å². The molecular formula is C22H28FNO3. The van der Waals surface area contributed by atoms with E-state index < -0.39 is 5.82 Å². The number of hydrogen-bond acceptors (Lipinski definition) is 4. The van der Waals surface area contributed by atoms with E-state index in [0.29, 0.717) is 17.7 Å². The zero-order chi connectivity index (χ0) is 18.1. The molecule has 1 aliphatic heterocycles. The lowest BCUT2D eigenvalue weighted by atomic mass is 9.93. The average Bonchev–Trinajstić information content (AvgIpc) is 3.26. The third-order valence-electron chi connectivity index (χ3n) is 5.49. The fraction of sp³-hybridized carbons (Fsp3) is 0.545. The summed E-state index contributed by atoms with van der Waals surface area (Å²) in [6.45, 7) is 1.99. The smallest absolute Gasteiger partial charge is 0.341 e. The van der Waals surface area contributed by atoms with E-state index in [0.717, 1.165) is 49.7 Å². The molecule has 0 spiro atoms. The lowest BCUT2D eigenvalue weighted by Gasteiger charge is -2.17. The molecule has 0 aromatic heterocycles. The molecule has 0 bridgehead atoms. The van der Waals surface area contributed by atoms with Gasteiger partial charge in [-0.2, -0.15) is 0 Å². The van der Waals surface area contributed by atoms with Crippen molar-refractivity contribution in [1.29, 1.82) is 0 Å². The Morgan fingerprint density at radius 1 is 1.15 bits per heavy atom. The Kier molecular flexibility index (Phi) is 5.98. The van der Waals surface area contributed by atoms with Crippen LogP contribution in [0.2, 0.25) is 0 Å². The van der Waals surface area contributed by atoms with Gasteiger partial charge in [0.15, 0.2) is 0 Å². The number of rotatable bonds is 4. The van der Waals surface area contributed by atoms with Crippen LogP contribution in [0, 0.1) is 5.82 Å². The maximum atomic E-state index is 14.6. The Hall–Kier alpha value is -2.17. The van der Waals surface area contributed by atoms with Crippen LogP contribution in [0.4, 0.5) is 10.1 Å². The van der Waals surface area contributed by atoms with Crippen molar-refractivity contribution >= 4 is 17.6 Å². The third kappa shape index (κ3) is 3.92. The molecular weight excluding hydrogens is 345 g/mol. The lowest BCUT2D eigenvalue weighted by Crippen LogP contribution is -2.12. The fourth-order valence-electron chi connectivity index (χ4n) is 4.02. The van der Waals surface area contributed by atoms with Crippen molar-refractivity contribution in [2.24, 2.45) is 4.99 Å². The number of hydrogen-bond donors (Lipinski definition) is 0. The number of halogens is 1. The molecule has 0 atom stereocenters. The normalized spacial score (nSPS) is 21.3. The predicted molar refractivity (Wildman–Crippen MR) is 104 cm³/mol. The molecule has 4 rings (SSSR count). The number of carbonyl (C=O) groups excluding carboxylic acids is 1. The monoisotopic (exact) mass is 373 g/mol. The van der Waals surface area contributed by atoms with Gasteiger partial charge >= 0.3 is 5.97 Å². The molecule has 0 radical (unpaired) electrons. The molecule has 1 aromatic carbocycles. The summed E-state index contributed by atoms with van der Waals surface area (Å²) in [6.07, 6.45) is 8.80. The Balaban J connectivity index is 0.00000210. The number of carbonyl (C=O) groups is 1. The van der Waals surface area contributed by atoms with Crippen LogP contribution in [0.15, 0.2) is 28.3 Å². The maximum Gasteiger partial charge on any atom is 0.341 e. The molecule has 146 valence electrons. The first-order chi connectivity index (χ1) is 12.7. The number of esters is 1. The third-order valence-corrected chi connectivity index (χ3v) is 5.49. The first kappa shape index (κ1) is 19.6. The summed E-state index contributed by atoms with van der Waals surface area (Å²) in [7, 11) is 0. The molecule has 0 saturated heterocycles. The van der Waals surface area contributed by atoms with Crippen molar-refractivity contribution in [1.82, 2.24) is 0 Å². The van der Waals surface area contributed by atoms with Gasteiger partial charge in [0.2, 0.25) is 5.90 Å². The minimum Gasteiger partial charge on any atom is -0.490 e. The quantitative estimate of drug-likeness (QED) is 0.626. The zero-order valence-electron chi connectivity index (χ0n) is 15.1. The highest BCUT2D eigenvalue weighted by molar-refractivity contribution is 6.15. The highest BCUT2D eigenvalue weighted by Gasteiger charge is 2.33. The second kappa shape index (κ2) is 8.24. The summed E-state index contributed by atoms with van der Waals surface area (Å²) in [6, 6.07) is 3.16. The number of aryl methyl sites for hydroxylation is 1. The van der Waals surface area contributed by atoms with Gasteiger partial charge in [0.25, 0.3) is 0 Å². The molecule has 1 saturated carbocycles. The molecule has 4 nitrogen and oxygen atoms in total. The first-order valence-corrected chi connectivity index (χ1v) is 9.68. The molecule has 0 N–H and O–H groups in total. The van der Waals surface area contributed by atoms with Gasteiger partial charge in [-0.25, -0.2) is 14.2 Å². The molecule has 0 amide bonds. The van der Waals surface area contributed by atoms with Crippen LogP contribution in [0.1, 0.15) is 71.3 Å². The topological polar surface area (TPSA) is 47.9 Å². The highest BCUT2D eigenvalue weighted by Crippen LogP contribution is 2.36. The minimum atomic E-state index is -0.408. The summed E-state index contributed by atoms with van der Waals surface area (Å²) in [5.41, 5.74) is 2.58. The van der Waals surface area contributed by atoms with Crippen molar-refractivity contribution in [2.75, 3.05) is 0 Å². The van der Waals surface area contributed by atoms with Crippen LogP contribution in [0.25, 0.3) is 0 Å². The van der Waals surface area contributed by atoms with Crippen LogP contribution in [0.3, 0.4) is 0 Å². The molecule has 2 aliphatic carbocycles. The van der Waals surface area contributed by atoms with Crippen molar-refractivity contribution in [3.8, 4) is 5.75 Å². The Bertz CT molecular complexity index is 791. The van der Waals surface area contributed by atoms with Crippen LogP contribution < -0.4 is 4.74 Å². The zero-order valence-corrected chi connectivity index (χ0v) is 15.1. The Labute approximate surface area is 160 Å². The standard InChI is InChI=1S/C21H24FNO3.CH4/c1-2-13-11-17(22)18(12-19(13)25-14-7-3-4-8-14)23-20-15-9-5-6-10-16(15)21(24)26-20;/h11-12,14H,2-10H2,1H3;1H4. The summed E-state index contributed by atoms with van der Waals surface area (Å²) < 4.78 is 26.0. The fourth-order valence-corrected chi connectivity index (χ4v) is 4.02. The van der Waals surface area contributed by atoms with Crippen LogP contribution >= 0.6 is 0 Å². The summed E-state index contributed by atoms with van der Waals surface area (Å²) in [5, 5.41) is 0. The van der Waals surface area contributed by atoms with Gasteiger partial charge in [-0.3, -0.25) is 0 Å². The molecule has 27 heavy (non-hydrogen) atoms. The lowest BCUT2D eigenvalue weighted by molar-refractivity contribution is -0.130. The Morgan fingerprint density at radius 2 is 1.85 bits per heavy atom. The van der Waals surface area contributed by atoms with Gasteiger partial charge in [0.05, 0.1) is 6.10 Å². The first-order valence-electron chi connectivity index (χ1n) is 9.68. The highest BCUT2D eigenvalue weighted by atomic mass is 19.1. The van der Waals surface area contributed by atoms with E-state index in [1.54, 1.807) is 6.07 Å². The van der Waals surface area contributed by atoms with E-state index in [1.165, 1.54) is 18.9 Å². The van der Waals surface area contributed by atoms with Crippen LogP contribution in [0.5, 0.6) is 5.75 Å². The summed E-state index contributed by atoms with van der Waals surface area (Å²) in [4.78, 5) is 16.4. The Morgan fingerprint density at radius 3 is 2.56 bits per heavy atom. The van der Waals surface area contributed by atoms with Gasteiger partial charge in [-0.1, -0.05) is 14.4 Å². The molecule has 1 heterocycles. The van der Waals surface area contributed by atoms with Crippen molar-refractivity contribution < 1.29 is 18.7 Å². The van der Waals surface area contributed by atoms with E-state index in [4.69, 9.17) is 9.47 Å². The van der Waals surface area contributed by atoms with Crippen molar-refractivity contribution in [3.05, 3.63) is 34.7 Å². The number of ether oxygens (including phenoxy) is 2. The summed E-state index contributed by atoms with van der Waals surface area (Å²) >= 11 is 0. The number of benzene rings is 1. The predicted octanol–water partition coefficient (Wildman–Crippen LogP) is 5.80. The second-order valence-corrected chi connectivity index (χ2v) is 7.26. The number of nitrogens with zero attached hydrogens (tertiary/aromatic N) is 1. The molecule has 3 aliphatic rings. The van der Waals surface area contributed by atoms with Crippen LogP contribution in [-0.4, -0.2) is 18.0 Å². The number of cyclic esters (lactones) is 1. The van der Waals surface area contributed by atoms with E-state index in [-0.39, 0.29) is 31.1 Å². The maximum absolute atomic E-state index is 14.6.